The number of benzene rings is 1. The van der Waals surface area contributed by atoms with Crippen LogP contribution >= 0.6 is 11.6 Å². The molecule has 1 N–H and O–H groups in total. The van der Waals surface area contributed by atoms with Crippen LogP contribution in [0.25, 0.3) is 11.4 Å². The van der Waals surface area contributed by atoms with Crippen LogP contribution in [-0.4, -0.2) is 33.2 Å². The SMILES string of the molecule is CC(C)(CCl)C(=O)N1CCc2nc(-c3ccccc3F)[nH]c(=O)c2C1. The lowest BCUT2D eigenvalue weighted by Crippen LogP contribution is -2.46. The van der Waals surface area contributed by atoms with E-state index in [0.29, 0.717) is 24.2 Å². The number of fused-ring (bicyclic) bond motifs is 1. The van der Waals surface area contributed by atoms with Gasteiger partial charge in [0, 0.05) is 18.8 Å². The third kappa shape index (κ3) is 3.31. The maximum Gasteiger partial charge on any atom is 0.256 e. The van der Waals surface area contributed by atoms with Gasteiger partial charge in [-0.3, -0.25) is 9.59 Å². The van der Waals surface area contributed by atoms with Gasteiger partial charge >= 0.3 is 0 Å². The second-order valence-electron chi connectivity index (χ2n) is 6.81. The molecule has 0 unspecified atom stereocenters. The van der Waals surface area contributed by atoms with E-state index >= 15 is 0 Å². The van der Waals surface area contributed by atoms with Gasteiger partial charge in [-0.25, -0.2) is 9.37 Å². The van der Waals surface area contributed by atoms with Gasteiger partial charge in [0.1, 0.15) is 11.6 Å². The van der Waals surface area contributed by atoms with Crippen LogP contribution in [0.5, 0.6) is 0 Å². The fourth-order valence-electron chi connectivity index (χ4n) is 2.86. The Morgan fingerprint density at radius 3 is 2.80 bits per heavy atom. The quantitative estimate of drug-likeness (QED) is 0.853. The summed E-state index contributed by atoms with van der Waals surface area (Å²) >= 11 is 5.88. The fraction of sp³-hybridized carbons (Fsp3) is 0.389. The van der Waals surface area contributed by atoms with Crippen LogP contribution in [-0.2, 0) is 17.8 Å². The average molecular weight is 364 g/mol. The van der Waals surface area contributed by atoms with Gasteiger partial charge in [0.25, 0.3) is 5.56 Å². The van der Waals surface area contributed by atoms with E-state index in [1.807, 2.05) is 0 Å². The van der Waals surface area contributed by atoms with Crippen LogP contribution in [0.1, 0.15) is 25.1 Å². The number of hydrogen-bond donors (Lipinski definition) is 1. The number of alkyl halides is 1. The van der Waals surface area contributed by atoms with Gasteiger partial charge < -0.3 is 9.88 Å². The van der Waals surface area contributed by atoms with Crippen molar-refractivity contribution in [2.24, 2.45) is 5.41 Å². The van der Waals surface area contributed by atoms with E-state index in [4.69, 9.17) is 11.6 Å². The molecule has 1 aliphatic heterocycles. The molecule has 2 aromatic rings. The Morgan fingerprint density at radius 2 is 2.12 bits per heavy atom. The summed E-state index contributed by atoms with van der Waals surface area (Å²) < 4.78 is 13.9. The Hall–Kier alpha value is -2.21. The Morgan fingerprint density at radius 1 is 1.40 bits per heavy atom. The van der Waals surface area contributed by atoms with E-state index < -0.39 is 11.2 Å². The van der Waals surface area contributed by atoms with Gasteiger partial charge in [0.05, 0.1) is 28.8 Å². The molecule has 132 valence electrons. The highest BCUT2D eigenvalue weighted by Crippen LogP contribution is 2.25. The molecule has 3 rings (SSSR count). The van der Waals surface area contributed by atoms with Crippen molar-refractivity contribution in [2.45, 2.75) is 26.8 Å². The third-order valence-electron chi connectivity index (χ3n) is 4.40. The summed E-state index contributed by atoms with van der Waals surface area (Å²) in [7, 11) is 0. The second kappa shape index (κ2) is 6.59. The zero-order valence-corrected chi connectivity index (χ0v) is 14.9. The maximum atomic E-state index is 13.9. The van der Waals surface area contributed by atoms with Crippen molar-refractivity contribution in [2.75, 3.05) is 12.4 Å². The first kappa shape index (κ1) is 17.6. The Balaban J connectivity index is 1.94. The van der Waals surface area contributed by atoms with Crippen LogP contribution in [0.2, 0.25) is 0 Å². The lowest BCUT2D eigenvalue weighted by Gasteiger charge is -2.33. The number of halogens is 2. The van der Waals surface area contributed by atoms with Crippen molar-refractivity contribution in [3.8, 4) is 11.4 Å². The summed E-state index contributed by atoms with van der Waals surface area (Å²) in [5.74, 6) is -0.119. The minimum absolute atomic E-state index is 0.0919. The summed E-state index contributed by atoms with van der Waals surface area (Å²) in [6, 6.07) is 6.16. The van der Waals surface area contributed by atoms with Crippen LogP contribution in [0.4, 0.5) is 4.39 Å². The molecule has 1 aromatic carbocycles. The molecule has 0 saturated carbocycles. The summed E-state index contributed by atoms with van der Waals surface area (Å²) in [6.07, 6.45) is 0.449. The van der Waals surface area contributed by atoms with Gasteiger partial charge in [0.15, 0.2) is 0 Å². The van der Waals surface area contributed by atoms with Gasteiger partial charge in [0.2, 0.25) is 5.91 Å². The maximum absolute atomic E-state index is 13.9. The Labute approximate surface area is 149 Å². The lowest BCUT2D eigenvalue weighted by molar-refractivity contribution is -0.140. The van der Waals surface area contributed by atoms with Crippen LogP contribution in [0.3, 0.4) is 0 Å². The molecule has 1 aromatic heterocycles. The first-order chi connectivity index (χ1) is 11.8. The molecule has 25 heavy (non-hydrogen) atoms. The normalized spacial score (nSPS) is 14.3. The minimum Gasteiger partial charge on any atom is -0.337 e. The largest absolute Gasteiger partial charge is 0.337 e. The van der Waals surface area contributed by atoms with Crippen molar-refractivity contribution < 1.29 is 9.18 Å². The van der Waals surface area contributed by atoms with Crippen LogP contribution < -0.4 is 5.56 Å². The summed E-state index contributed by atoms with van der Waals surface area (Å²) in [5.41, 5.74) is 0.278. The number of carbonyl (C=O) groups is 1. The van der Waals surface area contributed by atoms with E-state index in [1.165, 1.54) is 6.07 Å². The first-order valence-electron chi connectivity index (χ1n) is 8.06. The van der Waals surface area contributed by atoms with Crippen molar-refractivity contribution in [3.63, 3.8) is 0 Å². The zero-order chi connectivity index (χ0) is 18.2. The molecule has 0 bridgehead atoms. The lowest BCUT2D eigenvalue weighted by atomic mass is 9.93. The number of nitrogens with zero attached hydrogens (tertiary/aromatic N) is 2. The van der Waals surface area contributed by atoms with Crippen LogP contribution in [0, 0.1) is 11.2 Å². The highest BCUT2D eigenvalue weighted by atomic mass is 35.5. The standard InChI is InChI=1S/C18H19ClFN3O2/c1-18(2,10-19)17(25)23-8-7-14-12(9-23)16(24)22-15(21-14)11-5-3-4-6-13(11)20/h3-6H,7-10H2,1-2H3,(H,21,22,24). The molecular weight excluding hydrogens is 345 g/mol. The first-order valence-corrected chi connectivity index (χ1v) is 8.59. The van der Waals surface area contributed by atoms with Gasteiger partial charge in [-0.2, -0.15) is 0 Å². The molecule has 0 spiro atoms. The topological polar surface area (TPSA) is 66.1 Å². The number of aromatic amines is 1. The predicted octanol–water partition coefficient (Wildman–Crippen LogP) is 2.73. The number of hydrogen-bond acceptors (Lipinski definition) is 3. The number of H-pyrrole nitrogens is 1. The molecule has 1 amide bonds. The second-order valence-corrected chi connectivity index (χ2v) is 7.08. The predicted molar refractivity (Wildman–Crippen MR) is 93.9 cm³/mol. The molecule has 0 fully saturated rings. The Bertz CT molecular complexity index is 879. The van der Waals surface area contributed by atoms with Gasteiger partial charge in [-0.1, -0.05) is 12.1 Å². The molecule has 0 aliphatic carbocycles. The molecular formula is C18H19ClFN3O2. The summed E-state index contributed by atoms with van der Waals surface area (Å²) in [5, 5.41) is 0. The highest BCUT2D eigenvalue weighted by Gasteiger charge is 2.34. The van der Waals surface area contributed by atoms with E-state index in [1.54, 1.807) is 36.9 Å². The molecule has 0 atom stereocenters. The Kier molecular flexibility index (Phi) is 4.64. The van der Waals surface area contributed by atoms with E-state index in [-0.39, 0.29) is 35.3 Å². The van der Waals surface area contributed by atoms with Crippen molar-refractivity contribution in [3.05, 3.63) is 51.7 Å². The number of amides is 1. The van der Waals surface area contributed by atoms with Gasteiger partial charge in [-0.05, 0) is 26.0 Å². The molecule has 5 nitrogen and oxygen atoms in total. The number of nitrogens with one attached hydrogen (secondary N) is 1. The van der Waals surface area contributed by atoms with Crippen molar-refractivity contribution in [1.82, 2.24) is 14.9 Å². The van der Waals surface area contributed by atoms with Gasteiger partial charge in [-0.15, -0.1) is 11.6 Å². The summed E-state index contributed by atoms with van der Waals surface area (Å²) in [4.78, 5) is 33.7. The van der Waals surface area contributed by atoms with E-state index in [9.17, 15) is 14.0 Å². The monoisotopic (exact) mass is 363 g/mol. The molecule has 2 heterocycles. The fourth-order valence-corrected chi connectivity index (χ4v) is 2.98. The highest BCUT2D eigenvalue weighted by molar-refractivity contribution is 6.19. The average Bonchev–Trinajstić information content (AvgIpc) is 2.61. The number of aromatic nitrogens is 2. The third-order valence-corrected chi connectivity index (χ3v) is 5.07. The van der Waals surface area contributed by atoms with Crippen molar-refractivity contribution >= 4 is 17.5 Å². The zero-order valence-electron chi connectivity index (χ0n) is 14.1. The number of carbonyl (C=O) groups excluding carboxylic acids is 1. The minimum atomic E-state index is -0.688. The smallest absolute Gasteiger partial charge is 0.256 e. The van der Waals surface area contributed by atoms with Crippen molar-refractivity contribution in [1.29, 1.82) is 0 Å². The summed E-state index contributed by atoms with van der Waals surface area (Å²) in [6.45, 7) is 4.21. The molecule has 7 heteroatoms. The molecule has 0 saturated heterocycles. The van der Waals surface area contributed by atoms with E-state index in [0.717, 1.165) is 0 Å². The molecule has 1 aliphatic rings. The number of rotatable bonds is 3. The molecule has 0 radical (unpaired) electrons. The van der Waals surface area contributed by atoms with E-state index in [2.05, 4.69) is 9.97 Å². The van der Waals surface area contributed by atoms with Crippen LogP contribution in [0.15, 0.2) is 29.1 Å².